The van der Waals surface area contributed by atoms with Gasteiger partial charge in [0.15, 0.2) is 0 Å². The molecule has 0 saturated heterocycles. The zero-order chi connectivity index (χ0) is 41.1. The van der Waals surface area contributed by atoms with E-state index >= 15 is 0 Å². The van der Waals surface area contributed by atoms with Crippen molar-refractivity contribution in [2.24, 2.45) is 0 Å². The Labute approximate surface area is 325 Å². The SMILES string of the molecule is [2H]C([2H])=C([2H])c1ccc(-c2ccc(N(c3ccc(-c4ccc(C([2H])=C([2H])[2H])cc4)cc3)c3cccc4c3-c3ccccc3C43c4ccccc4-c4ccccc43)cc2)cc1. The second-order valence-electron chi connectivity index (χ2n) is 13.9. The van der Waals surface area contributed by atoms with Crippen LogP contribution in [-0.2, 0) is 5.41 Å². The topological polar surface area (TPSA) is 3.24 Å². The zero-order valence-electron chi connectivity index (χ0n) is 35.3. The molecule has 254 valence electrons. The zero-order valence-corrected chi connectivity index (χ0v) is 29.3. The Morgan fingerprint density at radius 1 is 0.407 bits per heavy atom. The third-order valence-electron chi connectivity index (χ3n) is 11.2. The van der Waals surface area contributed by atoms with E-state index < -0.39 is 18.5 Å². The third-order valence-corrected chi connectivity index (χ3v) is 11.2. The van der Waals surface area contributed by atoms with Crippen molar-refractivity contribution in [1.29, 1.82) is 0 Å². The van der Waals surface area contributed by atoms with E-state index in [1.165, 1.54) is 44.5 Å². The van der Waals surface area contributed by atoms with Gasteiger partial charge in [-0.05, 0) is 103 Å². The summed E-state index contributed by atoms with van der Waals surface area (Å²) >= 11 is 0. The van der Waals surface area contributed by atoms with Crippen molar-refractivity contribution in [3.8, 4) is 44.5 Å². The van der Waals surface area contributed by atoms with Crippen LogP contribution in [0.15, 0.2) is 201 Å². The highest BCUT2D eigenvalue weighted by molar-refractivity contribution is 6.01. The van der Waals surface area contributed by atoms with Crippen LogP contribution in [0.1, 0.15) is 41.6 Å². The van der Waals surface area contributed by atoms with E-state index in [-0.39, 0.29) is 12.1 Å². The van der Waals surface area contributed by atoms with Crippen molar-refractivity contribution < 1.29 is 8.22 Å². The Balaban J connectivity index is 1.14. The lowest BCUT2D eigenvalue weighted by Crippen LogP contribution is -2.26. The van der Waals surface area contributed by atoms with Crippen molar-refractivity contribution in [3.63, 3.8) is 0 Å². The molecule has 54 heavy (non-hydrogen) atoms. The molecular formula is C53H37N. The first-order chi connectivity index (χ1) is 29.3. The van der Waals surface area contributed by atoms with Crippen LogP contribution in [-0.4, -0.2) is 0 Å². The Morgan fingerprint density at radius 3 is 1.26 bits per heavy atom. The second-order valence-corrected chi connectivity index (χ2v) is 13.9. The van der Waals surface area contributed by atoms with E-state index in [1.807, 2.05) is 24.3 Å². The Bertz CT molecular complexity index is 2860. The van der Waals surface area contributed by atoms with E-state index in [1.54, 1.807) is 24.3 Å². The van der Waals surface area contributed by atoms with Gasteiger partial charge in [-0.25, -0.2) is 0 Å². The molecule has 0 fully saturated rings. The summed E-state index contributed by atoms with van der Waals surface area (Å²) in [6, 6.07) is 64.9. The van der Waals surface area contributed by atoms with Gasteiger partial charge >= 0.3 is 0 Å². The normalized spacial score (nSPS) is 14.1. The summed E-state index contributed by atoms with van der Waals surface area (Å²) in [4.78, 5) is 2.34. The number of hydrogen-bond acceptors (Lipinski definition) is 1. The lowest BCUT2D eigenvalue weighted by Gasteiger charge is -2.32. The predicted octanol–water partition coefficient (Wildman–Crippen LogP) is 14.1. The van der Waals surface area contributed by atoms with Gasteiger partial charge in [0.2, 0.25) is 0 Å². The molecule has 0 unspecified atom stereocenters. The number of benzene rings is 8. The molecule has 0 heterocycles. The lowest BCUT2D eigenvalue weighted by molar-refractivity contribution is 0.794. The monoisotopic (exact) mass is 693 g/mol. The van der Waals surface area contributed by atoms with Gasteiger partial charge in [-0.1, -0.05) is 183 Å². The smallest absolute Gasteiger partial charge is 0.0726 e. The number of rotatable bonds is 7. The summed E-state index contributed by atoms with van der Waals surface area (Å²) in [5, 5.41) is 0. The average Bonchev–Trinajstić information content (AvgIpc) is 3.77. The molecule has 0 aromatic heterocycles. The second kappa shape index (κ2) is 12.6. The first kappa shape index (κ1) is 25.9. The highest BCUT2D eigenvalue weighted by Gasteiger charge is 2.52. The largest absolute Gasteiger partial charge is 0.310 e. The minimum Gasteiger partial charge on any atom is -0.310 e. The average molecular weight is 694 g/mol. The fraction of sp³-hybridized carbons (Fsp3) is 0.0189. The van der Waals surface area contributed by atoms with Gasteiger partial charge in [0.05, 0.1) is 19.3 Å². The molecule has 0 atom stereocenters. The fourth-order valence-electron chi connectivity index (χ4n) is 8.84. The molecule has 2 aliphatic carbocycles. The molecule has 10 rings (SSSR count). The first-order valence-electron chi connectivity index (χ1n) is 21.2. The van der Waals surface area contributed by atoms with Crippen molar-refractivity contribution in [1.82, 2.24) is 0 Å². The number of fused-ring (bicyclic) bond motifs is 10. The third kappa shape index (κ3) is 4.72. The van der Waals surface area contributed by atoms with E-state index in [0.29, 0.717) is 11.1 Å². The predicted molar refractivity (Wildman–Crippen MR) is 228 cm³/mol. The maximum absolute atomic E-state index is 8.08. The quantitative estimate of drug-likeness (QED) is 0.161. The van der Waals surface area contributed by atoms with Crippen molar-refractivity contribution in [2.45, 2.75) is 5.41 Å². The minimum absolute atomic E-state index is 0.107. The first-order valence-corrected chi connectivity index (χ1v) is 18.2. The number of anilines is 3. The maximum Gasteiger partial charge on any atom is 0.0726 e. The fourth-order valence-corrected chi connectivity index (χ4v) is 8.84. The molecule has 0 saturated carbocycles. The van der Waals surface area contributed by atoms with Crippen LogP contribution in [0.4, 0.5) is 17.1 Å². The molecule has 0 N–H and O–H groups in total. The number of hydrogen-bond donors (Lipinski definition) is 0. The molecule has 1 nitrogen and oxygen atoms in total. The van der Waals surface area contributed by atoms with Gasteiger partial charge in [-0.2, -0.15) is 0 Å². The van der Waals surface area contributed by atoms with Gasteiger partial charge in [0.1, 0.15) is 0 Å². The van der Waals surface area contributed by atoms with Crippen molar-refractivity contribution >= 4 is 29.2 Å². The summed E-state index contributed by atoms with van der Waals surface area (Å²) in [6.45, 7) is -1.02. The molecule has 0 radical (unpaired) electrons. The van der Waals surface area contributed by atoms with Gasteiger partial charge < -0.3 is 4.90 Å². The van der Waals surface area contributed by atoms with Crippen LogP contribution >= 0.6 is 0 Å². The van der Waals surface area contributed by atoms with Gasteiger partial charge in [-0.15, -0.1) is 0 Å². The van der Waals surface area contributed by atoms with Gasteiger partial charge in [0, 0.05) is 16.9 Å². The molecule has 1 heteroatoms. The summed E-state index contributed by atoms with van der Waals surface area (Å²) in [6.07, 6.45) is 0. The summed E-state index contributed by atoms with van der Waals surface area (Å²) in [5.41, 5.74) is 17.6. The highest BCUT2D eigenvalue weighted by Crippen LogP contribution is 2.64. The summed E-state index contributed by atoms with van der Waals surface area (Å²) < 4.78 is 46.4. The van der Waals surface area contributed by atoms with E-state index in [9.17, 15) is 0 Å². The van der Waals surface area contributed by atoms with E-state index in [0.717, 1.165) is 39.3 Å². The molecule has 0 aliphatic heterocycles. The minimum atomic E-state index is -0.510. The van der Waals surface area contributed by atoms with Crippen LogP contribution < -0.4 is 4.90 Å². The Kier molecular flexibility index (Phi) is 6.05. The van der Waals surface area contributed by atoms with Crippen LogP contribution in [0.5, 0.6) is 0 Å². The lowest BCUT2D eigenvalue weighted by atomic mass is 9.70. The van der Waals surface area contributed by atoms with Crippen LogP contribution in [0.2, 0.25) is 0 Å². The van der Waals surface area contributed by atoms with Crippen LogP contribution in [0, 0.1) is 0 Å². The van der Waals surface area contributed by atoms with Crippen molar-refractivity contribution in [3.05, 3.63) is 235 Å². The van der Waals surface area contributed by atoms with E-state index in [2.05, 4.69) is 144 Å². The molecule has 8 aromatic carbocycles. The van der Waals surface area contributed by atoms with Gasteiger partial charge in [0.25, 0.3) is 0 Å². The van der Waals surface area contributed by atoms with Gasteiger partial charge in [-0.3, -0.25) is 0 Å². The van der Waals surface area contributed by atoms with Crippen molar-refractivity contribution in [2.75, 3.05) is 4.90 Å². The molecular weight excluding hydrogens is 651 g/mol. The van der Waals surface area contributed by atoms with Crippen LogP contribution in [0.25, 0.3) is 56.6 Å². The molecule has 0 bridgehead atoms. The molecule has 2 aliphatic rings. The Hall–Kier alpha value is -6.96. The molecule has 8 aromatic rings. The Morgan fingerprint density at radius 2 is 0.796 bits per heavy atom. The summed E-state index contributed by atoms with van der Waals surface area (Å²) in [5.74, 6) is 0. The summed E-state index contributed by atoms with van der Waals surface area (Å²) in [7, 11) is 0. The molecule has 0 amide bonds. The maximum atomic E-state index is 8.08. The standard InChI is InChI=1S/C53H37N/c1-3-36-20-24-38(25-21-36)40-28-32-42(33-29-40)54(43-34-30-41(31-35-43)39-26-22-37(4-2)23-27-39)51-19-11-18-50-52(51)46-14-7-10-17-49(46)53(50)47-15-8-5-12-44(47)45-13-6-9-16-48(45)53/h3-35H,1-2H2/i1D2,2D2,3D,4D. The van der Waals surface area contributed by atoms with Crippen LogP contribution in [0.3, 0.4) is 0 Å². The molecule has 1 spiro atoms. The number of nitrogens with zero attached hydrogens (tertiary/aromatic N) is 1. The van der Waals surface area contributed by atoms with E-state index in [4.69, 9.17) is 8.22 Å². The highest BCUT2D eigenvalue weighted by atomic mass is 15.1.